The third kappa shape index (κ3) is 2.60. The van der Waals surface area contributed by atoms with E-state index in [1.165, 1.54) is 16.7 Å². The Kier molecular flexibility index (Phi) is 4.34. The lowest BCUT2D eigenvalue weighted by Gasteiger charge is -2.51. The zero-order chi connectivity index (χ0) is 21.1. The summed E-state index contributed by atoms with van der Waals surface area (Å²) in [5, 5.41) is -0.508. The summed E-state index contributed by atoms with van der Waals surface area (Å²) in [7, 11) is 6.12. The Balaban J connectivity index is 1.68. The number of methoxy groups -OCH3 is 1. The molecule has 0 amide bonds. The average Bonchev–Trinajstić information content (AvgIpc) is 3.13. The van der Waals surface area contributed by atoms with Gasteiger partial charge in [0.15, 0.2) is 15.7 Å². The first kappa shape index (κ1) is 19.7. The molecular formula is C23H29B2N3O2. The fourth-order valence-electron chi connectivity index (χ4n) is 6.46. The number of hydrogen-bond acceptors (Lipinski definition) is 5. The van der Waals surface area contributed by atoms with E-state index in [0.29, 0.717) is 12.1 Å². The van der Waals surface area contributed by atoms with Crippen LogP contribution in [-0.4, -0.2) is 45.3 Å². The molecule has 1 saturated carbocycles. The van der Waals surface area contributed by atoms with Gasteiger partial charge >= 0.3 is 0 Å². The number of ether oxygens (including phenoxy) is 2. The summed E-state index contributed by atoms with van der Waals surface area (Å²) in [5.41, 5.74) is 11.8. The molecule has 2 N–H and O–H groups in total. The maximum Gasteiger partial charge on any atom is 0.282 e. The molecule has 7 heteroatoms. The molecule has 1 unspecified atom stereocenters. The third-order valence-electron chi connectivity index (χ3n) is 7.74. The van der Waals surface area contributed by atoms with Gasteiger partial charge in [0.2, 0.25) is 0 Å². The van der Waals surface area contributed by atoms with Gasteiger partial charge in [-0.1, -0.05) is 12.1 Å². The molecule has 0 bridgehead atoms. The SMILES string of the molecule is BC1(B)OC(N)=NC12c1cc(-c3cncc(C)c3)ccc1C[C@]21CC[C@@H](OC)CC1. The molecule has 2 heterocycles. The number of nitrogens with two attached hydrogens (primary N) is 1. The highest BCUT2D eigenvalue weighted by atomic mass is 16.5. The molecule has 1 aliphatic heterocycles. The number of benzene rings is 1. The number of nitrogens with zero attached hydrogens (tertiary/aromatic N) is 2. The number of aliphatic imine (C=N–C) groups is 1. The van der Waals surface area contributed by atoms with E-state index < -0.39 is 10.9 Å². The van der Waals surface area contributed by atoms with Crippen molar-refractivity contribution in [2.45, 2.75) is 56.1 Å². The number of aromatic nitrogens is 1. The summed E-state index contributed by atoms with van der Waals surface area (Å²) in [4.78, 5) is 9.51. The third-order valence-corrected chi connectivity index (χ3v) is 7.74. The quantitative estimate of drug-likeness (QED) is 0.778. The first-order chi connectivity index (χ1) is 14.3. The zero-order valence-electron chi connectivity index (χ0n) is 18.4. The molecule has 1 aromatic carbocycles. The van der Waals surface area contributed by atoms with E-state index in [4.69, 9.17) is 20.2 Å². The summed E-state index contributed by atoms with van der Waals surface area (Å²) < 4.78 is 11.9. The standard InChI is InChI=1S/C23H29B2N3O2/c1-14-9-17(13-27-12-14)15-3-4-16-11-21(7-5-18(29-2)6-8-21)22(19(16)10-15)23(24,25)30-20(26)28-22/h3-4,9-10,12-13,18H,5-8,11,24-25H2,1-2H3,(H2,26,28)/t18-,21-,22?. The summed E-state index contributed by atoms with van der Waals surface area (Å²) in [6.45, 7) is 2.08. The molecule has 2 aromatic rings. The Bertz CT molecular complexity index is 1030. The van der Waals surface area contributed by atoms with Crippen molar-refractivity contribution in [2.24, 2.45) is 16.1 Å². The van der Waals surface area contributed by atoms with E-state index in [1.807, 2.05) is 19.5 Å². The minimum atomic E-state index is -0.508. The summed E-state index contributed by atoms with van der Waals surface area (Å²) in [5.74, 6) is 0. The first-order valence-corrected chi connectivity index (χ1v) is 10.9. The van der Waals surface area contributed by atoms with Crippen molar-refractivity contribution < 1.29 is 9.47 Å². The molecule has 5 nitrogen and oxygen atoms in total. The molecule has 0 radical (unpaired) electrons. The Morgan fingerprint density at radius 2 is 1.90 bits per heavy atom. The molecule has 154 valence electrons. The van der Waals surface area contributed by atoms with Gasteiger partial charge in [-0.15, -0.1) is 0 Å². The van der Waals surface area contributed by atoms with Gasteiger partial charge in [-0.25, -0.2) is 4.99 Å². The van der Waals surface area contributed by atoms with Crippen LogP contribution in [0.4, 0.5) is 0 Å². The lowest BCUT2D eigenvalue weighted by molar-refractivity contribution is -0.0256. The van der Waals surface area contributed by atoms with Gasteiger partial charge in [-0.2, -0.15) is 0 Å². The highest BCUT2D eigenvalue weighted by molar-refractivity contribution is 6.41. The van der Waals surface area contributed by atoms with Crippen LogP contribution in [0.1, 0.15) is 42.4 Å². The number of hydrogen-bond donors (Lipinski definition) is 1. The molecule has 5 rings (SSSR count). The minimum absolute atomic E-state index is 0.00153. The van der Waals surface area contributed by atoms with Gasteiger partial charge in [0.1, 0.15) is 5.54 Å². The highest BCUT2D eigenvalue weighted by Gasteiger charge is 2.68. The van der Waals surface area contributed by atoms with Gasteiger partial charge in [0, 0.05) is 30.5 Å². The largest absolute Gasteiger partial charge is 0.475 e. The number of rotatable bonds is 2. The van der Waals surface area contributed by atoms with Crippen molar-refractivity contribution in [3.05, 3.63) is 53.3 Å². The van der Waals surface area contributed by atoms with Crippen LogP contribution < -0.4 is 5.73 Å². The van der Waals surface area contributed by atoms with Gasteiger partial charge in [-0.05, 0) is 73.4 Å². The smallest absolute Gasteiger partial charge is 0.282 e. The first-order valence-electron chi connectivity index (χ1n) is 10.9. The molecule has 0 saturated heterocycles. The van der Waals surface area contributed by atoms with Crippen molar-refractivity contribution in [2.75, 3.05) is 7.11 Å². The molecular weight excluding hydrogens is 372 g/mol. The average molecular weight is 401 g/mol. The Hall–Kier alpha value is -2.27. The van der Waals surface area contributed by atoms with Crippen molar-refractivity contribution in [3.8, 4) is 11.1 Å². The summed E-state index contributed by atoms with van der Waals surface area (Å²) >= 11 is 0. The second-order valence-electron chi connectivity index (χ2n) is 9.79. The summed E-state index contributed by atoms with van der Waals surface area (Å²) in [6.07, 6.45) is 9.38. The molecule has 1 atom stereocenters. The Morgan fingerprint density at radius 3 is 2.53 bits per heavy atom. The molecule has 30 heavy (non-hydrogen) atoms. The Morgan fingerprint density at radius 1 is 1.13 bits per heavy atom. The van der Waals surface area contributed by atoms with Gasteiger partial charge in [0.25, 0.3) is 6.02 Å². The summed E-state index contributed by atoms with van der Waals surface area (Å²) in [6, 6.07) is 9.31. The zero-order valence-corrected chi connectivity index (χ0v) is 18.4. The molecule has 1 aromatic heterocycles. The Labute approximate surface area is 180 Å². The number of aryl methyl sites for hydroxylation is 1. The number of fused-ring (bicyclic) bond motifs is 3. The van der Waals surface area contributed by atoms with Crippen LogP contribution in [0.2, 0.25) is 0 Å². The van der Waals surface area contributed by atoms with Crippen molar-refractivity contribution in [1.29, 1.82) is 0 Å². The van der Waals surface area contributed by atoms with Crippen molar-refractivity contribution in [3.63, 3.8) is 0 Å². The monoisotopic (exact) mass is 401 g/mol. The van der Waals surface area contributed by atoms with E-state index >= 15 is 0 Å². The van der Waals surface area contributed by atoms with Crippen LogP contribution >= 0.6 is 0 Å². The number of pyridine rings is 1. The van der Waals surface area contributed by atoms with Gasteiger partial charge in [0.05, 0.1) is 11.5 Å². The predicted octanol–water partition coefficient (Wildman–Crippen LogP) is 1.65. The van der Waals surface area contributed by atoms with E-state index in [9.17, 15) is 0 Å². The molecule has 3 aliphatic rings. The number of amidine groups is 1. The lowest BCUT2D eigenvalue weighted by Crippen LogP contribution is -2.59. The fourth-order valence-corrected chi connectivity index (χ4v) is 6.46. The van der Waals surface area contributed by atoms with E-state index in [-0.39, 0.29) is 5.41 Å². The molecule has 2 spiro atoms. The maximum atomic E-state index is 6.23. The van der Waals surface area contributed by atoms with E-state index in [2.05, 4.69) is 51.9 Å². The van der Waals surface area contributed by atoms with Crippen molar-refractivity contribution >= 4 is 21.7 Å². The van der Waals surface area contributed by atoms with Crippen LogP contribution in [0.25, 0.3) is 11.1 Å². The topological polar surface area (TPSA) is 69.7 Å². The molecule has 2 aliphatic carbocycles. The van der Waals surface area contributed by atoms with Crippen LogP contribution in [0, 0.1) is 12.3 Å². The lowest BCUT2D eigenvalue weighted by atomic mass is 9.45. The van der Waals surface area contributed by atoms with Crippen molar-refractivity contribution in [1.82, 2.24) is 4.98 Å². The highest BCUT2D eigenvalue weighted by Crippen LogP contribution is 2.65. The van der Waals surface area contributed by atoms with Crippen LogP contribution in [0.15, 0.2) is 41.7 Å². The predicted molar refractivity (Wildman–Crippen MR) is 124 cm³/mol. The van der Waals surface area contributed by atoms with Crippen LogP contribution in [0.3, 0.4) is 0 Å². The van der Waals surface area contributed by atoms with E-state index in [0.717, 1.165) is 43.2 Å². The van der Waals surface area contributed by atoms with Crippen LogP contribution in [0.5, 0.6) is 0 Å². The van der Waals surface area contributed by atoms with Gasteiger partial charge < -0.3 is 15.2 Å². The maximum absolute atomic E-state index is 6.23. The fraction of sp³-hybridized carbons (Fsp3) is 0.478. The second-order valence-corrected chi connectivity index (χ2v) is 9.79. The van der Waals surface area contributed by atoms with Crippen LogP contribution in [-0.2, 0) is 21.4 Å². The minimum Gasteiger partial charge on any atom is -0.475 e. The normalized spacial score (nSPS) is 31.5. The second kappa shape index (κ2) is 6.61. The molecule has 1 fully saturated rings. The van der Waals surface area contributed by atoms with E-state index in [1.54, 1.807) is 0 Å². The van der Waals surface area contributed by atoms with Gasteiger partial charge in [-0.3, -0.25) is 4.98 Å².